The minimum absolute atomic E-state index is 0.170. The number of hydrogen-bond acceptors (Lipinski definition) is 2. The number of hydrogen-bond donors (Lipinski definition) is 2. The molecule has 4 bridgehead atoms. The van der Waals surface area contributed by atoms with Crippen LogP contribution >= 0.6 is 0 Å². The maximum atomic E-state index is 11.1. The Kier molecular flexibility index (Phi) is 3.70. The van der Waals surface area contributed by atoms with E-state index < -0.39 is 5.97 Å². The molecule has 0 spiro atoms. The maximum absolute atomic E-state index is 11.1. The molecule has 5 saturated carbocycles. The summed E-state index contributed by atoms with van der Waals surface area (Å²) in [5.74, 6) is 2.30. The van der Waals surface area contributed by atoms with Crippen molar-refractivity contribution in [3.8, 4) is 16.9 Å². The summed E-state index contributed by atoms with van der Waals surface area (Å²) in [5.41, 5.74) is 4.78. The predicted molar refractivity (Wildman–Crippen MR) is 112 cm³/mol. The lowest BCUT2D eigenvalue weighted by Crippen LogP contribution is -2.48. The molecule has 2 aromatic carbocycles. The molecule has 2 N–H and O–H groups in total. The summed E-state index contributed by atoms with van der Waals surface area (Å²) in [6.07, 6.45) is 8.69. The van der Waals surface area contributed by atoms with E-state index in [0.717, 1.165) is 40.9 Å². The highest BCUT2D eigenvalue weighted by Gasteiger charge is 2.52. The first-order valence-corrected chi connectivity index (χ1v) is 11.2. The van der Waals surface area contributed by atoms with Gasteiger partial charge in [-0.2, -0.15) is 0 Å². The molecule has 2 atom stereocenters. The lowest BCUT2D eigenvalue weighted by Gasteiger charge is -2.57. The van der Waals surface area contributed by atoms with Gasteiger partial charge in [-0.05, 0) is 103 Å². The van der Waals surface area contributed by atoms with Crippen molar-refractivity contribution in [2.24, 2.45) is 23.7 Å². The first kappa shape index (κ1) is 17.6. The number of aliphatic carboxylic acids is 1. The molecule has 0 amide bonds. The Hall–Kier alpha value is -2.29. The number of carboxylic acids is 1. The Labute approximate surface area is 171 Å². The Morgan fingerprint density at radius 1 is 0.828 bits per heavy atom. The number of phenolic OH excluding ortho intramolecular Hbond substituents is 1. The molecule has 3 heteroatoms. The molecule has 5 aliphatic carbocycles. The van der Waals surface area contributed by atoms with Crippen molar-refractivity contribution in [1.82, 2.24) is 0 Å². The van der Waals surface area contributed by atoms with Gasteiger partial charge in [-0.3, -0.25) is 4.79 Å². The lowest BCUT2D eigenvalue weighted by molar-refractivity contribution is -0.138. The first-order chi connectivity index (χ1) is 14.0. The number of aromatic hydroxyl groups is 1. The molecule has 0 aromatic heterocycles. The third-order valence-corrected chi connectivity index (χ3v) is 8.39. The van der Waals surface area contributed by atoms with Crippen molar-refractivity contribution in [1.29, 1.82) is 0 Å². The second kappa shape index (κ2) is 6.10. The summed E-state index contributed by atoms with van der Waals surface area (Å²) < 4.78 is 0. The molecule has 5 fully saturated rings. The maximum Gasteiger partial charge on any atom is 0.307 e. The molecule has 0 heterocycles. The monoisotopic (exact) mass is 388 g/mol. The highest BCUT2D eigenvalue weighted by molar-refractivity contribution is 5.75. The van der Waals surface area contributed by atoms with Crippen LogP contribution in [0.25, 0.3) is 11.1 Å². The third kappa shape index (κ3) is 2.81. The van der Waals surface area contributed by atoms with Gasteiger partial charge >= 0.3 is 5.97 Å². The quantitative estimate of drug-likeness (QED) is 0.705. The van der Waals surface area contributed by atoms with Crippen LogP contribution in [-0.4, -0.2) is 16.2 Å². The van der Waals surface area contributed by atoms with Gasteiger partial charge in [-0.15, -0.1) is 0 Å². The van der Waals surface area contributed by atoms with Crippen molar-refractivity contribution in [3.63, 3.8) is 0 Å². The van der Waals surface area contributed by atoms with Crippen molar-refractivity contribution < 1.29 is 15.0 Å². The Bertz CT molecular complexity index is 939. The van der Waals surface area contributed by atoms with Crippen LogP contribution in [0.3, 0.4) is 0 Å². The minimum Gasteiger partial charge on any atom is -0.508 e. The summed E-state index contributed by atoms with van der Waals surface area (Å²) >= 11 is 0. The van der Waals surface area contributed by atoms with E-state index >= 15 is 0 Å². The van der Waals surface area contributed by atoms with Crippen LogP contribution in [0.15, 0.2) is 42.5 Å². The van der Waals surface area contributed by atoms with Gasteiger partial charge in [0.15, 0.2) is 0 Å². The summed E-state index contributed by atoms with van der Waals surface area (Å²) in [4.78, 5) is 11.1. The summed E-state index contributed by atoms with van der Waals surface area (Å²) in [7, 11) is 0. The van der Waals surface area contributed by atoms with E-state index in [0.29, 0.717) is 5.75 Å². The molecule has 2 unspecified atom stereocenters. The van der Waals surface area contributed by atoms with E-state index in [2.05, 4.69) is 30.3 Å². The fourth-order valence-electron chi connectivity index (χ4n) is 7.34. The normalized spacial score (nSPS) is 36.9. The predicted octanol–water partition coefficient (Wildman–Crippen LogP) is 5.72. The zero-order valence-electron chi connectivity index (χ0n) is 16.7. The number of rotatable bonds is 4. The van der Waals surface area contributed by atoms with Crippen LogP contribution in [0.4, 0.5) is 0 Å². The second-order valence-electron chi connectivity index (χ2n) is 10.3. The van der Waals surface area contributed by atoms with E-state index in [9.17, 15) is 9.90 Å². The second-order valence-corrected chi connectivity index (χ2v) is 10.3. The van der Waals surface area contributed by atoms with E-state index in [-0.39, 0.29) is 17.3 Å². The zero-order chi connectivity index (χ0) is 19.8. The van der Waals surface area contributed by atoms with Crippen molar-refractivity contribution in [2.45, 2.75) is 56.3 Å². The molecule has 7 rings (SSSR count). The van der Waals surface area contributed by atoms with Gasteiger partial charge < -0.3 is 10.2 Å². The average Bonchev–Trinajstić information content (AvgIpc) is 3.49. The van der Waals surface area contributed by atoms with Gasteiger partial charge in [0.05, 0.1) is 5.92 Å². The minimum atomic E-state index is -0.683. The Morgan fingerprint density at radius 3 is 1.97 bits per heavy atom. The first-order valence-electron chi connectivity index (χ1n) is 11.2. The summed E-state index contributed by atoms with van der Waals surface area (Å²) in [6, 6.07) is 14.5. The molecule has 0 saturated heterocycles. The van der Waals surface area contributed by atoms with Crippen LogP contribution in [0.5, 0.6) is 5.75 Å². The molecule has 5 aliphatic rings. The highest BCUT2D eigenvalue weighted by Crippen LogP contribution is 2.62. The molecule has 0 aliphatic heterocycles. The van der Waals surface area contributed by atoms with Gasteiger partial charge in [0, 0.05) is 5.56 Å². The Morgan fingerprint density at radius 2 is 1.41 bits per heavy atom. The third-order valence-electron chi connectivity index (χ3n) is 8.39. The molecule has 29 heavy (non-hydrogen) atoms. The van der Waals surface area contributed by atoms with Crippen LogP contribution in [0, 0.1) is 23.7 Å². The molecular weight excluding hydrogens is 360 g/mol. The van der Waals surface area contributed by atoms with Gasteiger partial charge in [0.2, 0.25) is 0 Å². The van der Waals surface area contributed by atoms with Gasteiger partial charge in [-0.1, -0.05) is 30.3 Å². The SMILES string of the molecule is O=C(O)C1CC1c1ccc(-c2ccc(O)c(C34CC5CC(CC(C5)C3)C4)c2)cc1. The molecule has 0 radical (unpaired) electrons. The number of benzene rings is 2. The van der Waals surface area contributed by atoms with E-state index in [1.54, 1.807) is 0 Å². The molecule has 3 nitrogen and oxygen atoms in total. The highest BCUT2D eigenvalue weighted by atomic mass is 16.4. The fourth-order valence-corrected chi connectivity index (χ4v) is 7.34. The summed E-state index contributed by atoms with van der Waals surface area (Å²) in [5, 5.41) is 20.0. The van der Waals surface area contributed by atoms with E-state index in [4.69, 9.17) is 5.11 Å². The number of carbonyl (C=O) groups is 1. The zero-order valence-corrected chi connectivity index (χ0v) is 16.7. The number of phenols is 1. The van der Waals surface area contributed by atoms with E-state index in [1.807, 2.05) is 12.1 Å². The van der Waals surface area contributed by atoms with Crippen molar-refractivity contribution in [2.75, 3.05) is 0 Å². The van der Waals surface area contributed by atoms with Crippen LogP contribution < -0.4 is 0 Å². The van der Waals surface area contributed by atoms with Gasteiger partial charge in [-0.25, -0.2) is 0 Å². The van der Waals surface area contributed by atoms with Gasteiger partial charge in [0.25, 0.3) is 0 Å². The van der Waals surface area contributed by atoms with Crippen LogP contribution in [0.1, 0.15) is 62.0 Å². The molecular formula is C26H28O3. The fraction of sp³-hybridized carbons (Fsp3) is 0.500. The standard InChI is InChI=1S/C26H28O3/c27-24-6-5-20(18-1-3-19(4-2-18)21-11-22(21)25(28)29)10-23(24)26-12-15-7-16(13-26)9-17(8-15)14-26/h1-6,10,15-17,21-22,27H,7-9,11-14H2,(H,28,29). The van der Waals surface area contributed by atoms with E-state index in [1.165, 1.54) is 44.1 Å². The van der Waals surface area contributed by atoms with Crippen LogP contribution in [0.2, 0.25) is 0 Å². The summed E-state index contributed by atoms with van der Waals surface area (Å²) in [6.45, 7) is 0. The number of carboxylic acid groups (broad SMARTS) is 1. The largest absolute Gasteiger partial charge is 0.508 e. The van der Waals surface area contributed by atoms with Crippen LogP contribution in [-0.2, 0) is 10.2 Å². The lowest BCUT2D eigenvalue weighted by atomic mass is 9.48. The Balaban J connectivity index is 1.31. The smallest absolute Gasteiger partial charge is 0.307 e. The van der Waals surface area contributed by atoms with Crippen molar-refractivity contribution >= 4 is 5.97 Å². The molecule has 2 aromatic rings. The molecule has 150 valence electrons. The topological polar surface area (TPSA) is 57.5 Å². The van der Waals surface area contributed by atoms with Gasteiger partial charge in [0.1, 0.15) is 5.75 Å². The van der Waals surface area contributed by atoms with Crippen molar-refractivity contribution in [3.05, 3.63) is 53.6 Å². The average molecular weight is 389 g/mol.